The third-order valence-corrected chi connectivity index (χ3v) is 7.18. The summed E-state index contributed by atoms with van der Waals surface area (Å²) in [7, 11) is 0. The van der Waals surface area contributed by atoms with Gasteiger partial charge >= 0.3 is 12.3 Å². The number of carbonyl (C=O) groups is 1. The zero-order valence-corrected chi connectivity index (χ0v) is 24.0. The summed E-state index contributed by atoms with van der Waals surface area (Å²) < 4.78 is 55.6. The number of aromatic nitrogens is 2. The van der Waals surface area contributed by atoms with E-state index in [0.717, 1.165) is 27.7 Å². The quantitative estimate of drug-likeness (QED) is 0.154. The second-order valence-electron chi connectivity index (χ2n) is 10.5. The summed E-state index contributed by atoms with van der Waals surface area (Å²) in [5, 5.41) is 0. The molecular weight excluding hydrogens is 557 g/mol. The molecule has 0 unspecified atom stereocenters. The van der Waals surface area contributed by atoms with Crippen LogP contribution in [0.5, 0.6) is 11.5 Å². The van der Waals surface area contributed by atoms with Gasteiger partial charge in [-0.3, -0.25) is 4.79 Å². The SMILES string of the molecule is CCOC(=O)C(C)(C)c1cccc(OCc2ccccc2Cn2c(-c3ccc(OC(F)(F)F)cc3)nc3ccccc32)c1. The smallest absolute Gasteiger partial charge is 0.489 e. The fourth-order valence-corrected chi connectivity index (χ4v) is 4.85. The van der Waals surface area contributed by atoms with E-state index in [4.69, 9.17) is 14.5 Å². The van der Waals surface area contributed by atoms with Crippen molar-refractivity contribution >= 4 is 17.0 Å². The number of rotatable bonds is 10. The second-order valence-corrected chi connectivity index (χ2v) is 10.5. The second kappa shape index (κ2) is 12.2. The number of alkyl halides is 3. The predicted octanol–water partition coefficient (Wildman–Crippen LogP) is 8.07. The molecule has 0 aliphatic rings. The van der Waals surface area contributed by atoms with Gasteiger partial charge in [-0.15, -0.1) is 13.2 Å². The largest absolute Gasteiger partial charge is 0.573 e. The van der Waals surface area contributed by atoms with Gasteiger partial charge in [0.05, 0.1) is 29.6 Å². The van der Waals surface area contributed by atoms with Crippen molar-refractivity contribution in [2.24, 2.45) is 0 Å². The highest BCUT2D eigenvalue weighted by Crippen LogP contribution is 2.31. The summed E-state index contributed by atoms with van der Waals surface area (Å²) in [5.74, 6) is 0.642. The molecule has 0 saturated carbocycles. The minimum Gasteiger partial charge on any atom is -0.489 e. The Morgan fingerprint density at radius 1 is 0.837 bits per heavy atom. The lowest BCUT2D eigenvalue weighted by Gasteiger charge is -2.23. The van der Waals surface area contributed by atoms with E-state index in [1.807, 2.05) is 91.2 Å². The third-order valence-electron chi connectivity index (χ3n) is 7.18. The highest BCUT2D eigenvalue weighted by Gasteiger charge is 2.32. The van der Waals surface area contributed by atoms with Crippen molar-refractivity contribution in [2.45, 2.75) is 45.7 Å². The Bertz CT molecular complexity index is 1730. The van der Waals surface area contributed by atoms with E-state index in [1.54, 1.807) is 19.1 Å². The normalized spacial score (nSPS) is 11.9. The first-order valence-electron chi connectivity index (χ1n) is 13.8. The number of halogens is 3. The van der Waals surface area contributed by atoms with E-state index < -0.39 is 11.8 Å². The van der Waals surface area contributed by atoms with Crippen molar-refractivity contribution in [1.82, 2.24) is 9.55 Å². The number of ether oxygens (including phenoxy) is 3. The molecule has 4 aromatic carbocycles. The number of nitrogens with zero attached hydrogens (tertiary/aromatic N) is 2. The van der Waals surface area contributed by atoms with E-state index in [1.165, 1.54) is 12.1 Å². The van der Waals surface area contributed by atoms with Gasteiger partial charge in [-0.1, -0.05) is 48.5 Å². The van der Waals surface area contributed by atoms with Crippen molar-refractivity contribution < 1.29 is 32.2 Å². The monoisotopic (exact) mass is 588 g/mol. The first kappa shape index (κ1) is 29.7. The molecule has 0 N–H and O–H groups in total. The maximum atomic E-state index is 12.7. The van der Waals surface area contributed by atoms with Crippen LogP contribution in [0.2, 0.25) is 0 Å². The van der Waals surface area contributed by atoms with Crippen molar-refractivity contribution in [3.05, 3.63) is 114 Å². The van der Waals surface area contributed by atoms with E-state index in [-0.39, 0.29) is 18.3 Å². The van der Waals surface area contributed by atoms with Crippen LogP contribution >= 0.6 is 0 Å². The molecule has 1 heterocycles. The van der Waals surface area contributed by atoms with Gasteiger partial charge < -0.3 is 18.8 Å². The van der Waals surface area contributed by atoms with Gasteiger partial charge in [0.2, 0.25) is 0 Å². The first-order valence-corrected chi connectivity index (χ1v) is 13.8. The van der Waals surface area contributed by atoms with Crippen LogP contribution in [0.1, 0.15) is 37.5 Å². The number of esters is 1. The van der Waals surface area contributed by atoms with Crippen molar-refractivity contribution in [3.63, 3.8) is 0 Å². The van der Waals surface area contributed by atoms with E-state index in [0.29, 0.717) is 30.3 Å². The minimum atomic E-state index is -4.77. The molecule has 5 rings (SSSR count). The van der Waals surface area contributed by atoms with Gasteiger partial charge in [0.25, 0.3) is 0 Å². The number of carbonyl (C=O) groups excluding carboxylic acids is 1. The summed E-state index contributed by atoms with van der Waals surface area (Å²) in [6.07, 6.45) is -4.77. The maximum absolute atomic E-state index is 12.7. The summed E-state index contributed by atoms with van der Waals surface area (Å²) in [6.45, 7) is 6.47. The molecule has 0 radical (unpaired) electrons. The molecule has 1 aromatic heterocycles. The molecule has 0 amide bonds. The van der Waals surface area contributed by atoms with Gasteiger partial charge in [-0.05, 0) is 86.0 Å². The molecule has 0 bridgehead atoms. The van der Waals surface area contributed by atoms with E-state index in [9.17, 15) is 18.0 Å². The van der Waals surface area contributed by atoms with Crippen LogP contribution in [0, 0.1) is 0 Å². The van der Waals surface area contributed by atoms with Crippen molar-refractivity contribution in [3.8, 4) is 22.9 Å². The van der Waals surface area contributed by atoms with Crippen LogP contribution in [0.3, 0.4) is 0 Å². The van der Waals surface area contributed by atoms with Crippen molar-refractivity contribution in [1.29, 1.82) is 0 Å². The maximum Gasteiger partial charge on any atom is 0.573 e. The third kappa shape index (κ3) is 6.83. The first-order chi connectivity index (χ1) is 20.5. The molecule has 6 nitrogen and oxygen atoms in total. The molecule has 5 aromatic rings. The molecule has 0 saturated heterocycles. The standard InChI is InChI=1S/C34H31F3N2O4/c1-4-41-32(40)33(2,3)26-12-9-13-28(20-26)42-22-25-11-6-5-10-24(25)21-39-30-15-8-7-14-29(30)38-31(39)23-16-18-27(19-17-23)43-34(35,36)37/h5-20H,4,21-22H2,1-3H3. The molecule has 43 heavy (non-hydrogen) atoms. The number of hydrogen-bond acceptors (Lipinski definition) is 5. The van der Waals surface area contributed by atoms with Gasteiger partial charge in [-0.25, -0.2) is 4.98 Å². The fourth-order valence-electron chi connectivity index (χ4n) is 4.85. The molecule has 9 heteroatoms. The Balaban J connectivity index is 1.41. The summed E-state index contributed by atoms with van der Waals surface area (Å²) in [6, 6.07) is 28.7. The molecule has 0 atom stereocenters. The average Bonchev–Trinajstić information content (AvgIpc) is 3.35. The Morgan fingerprint density at radius 2 is 1.53 bits per heavy atom. The van der Waals surface area contributed by atoms with Gasteiger partial charge in [0.15, 0.2) is 0 Å². The number of hydrogen-bond donors (Lipinski definition) is 0. The topological polar surface area (TPSA) is 62.6 Å². The lowest BCUT2D eigenvalue weighted by Crippen LogP contribution is -2.31. The minimum absolute atomic E-state index is 0.283. The molecule has 222 valence electrons. The summed E-state index contributed by atoms with van der Waals surface area (Å²) >= 11 is 0. The highest BCUT2D eigenvalue weighted by molar-refractivity contribution is 5.82. The van der Waals surface area contributed by atoms with Crippen LogP contribution in [0.15, 0.2) is 97.1 Å². The number of benzene rings is 4. The van der Waals surface area contributed by atoms with Crippen LogP contribution < -0.4 is 9.47 Å². The lowest BCUT2D eigenvalue weighted by atomic mass is 9.84. The van der Waals surface area contributed by atoms with Gasteiger partial charge in [0, 0.05) is 5.56 Å². The molecule has 0 spiro atoms. The zero-order valence-electron chi connectivity index (χ0n) is 24.0. The Hall–Kier alpha value is -4.79. The summed E-state index contributed by atoms with van der Waals surface area (Å²) in [5.41, 5.74) is 4.21. The molecule has 0 aliphatic heterocycles. The number of para-hydroxylation sites is 2. The van der Waals surface area contributed by atoms with Crippen molar-refractivity contribution in [2.75, 3.05) is 6.61 Å². The van der Waals surface area contributed by atoms with Crippen LogP contribution in [-0.4, -0.2) is 28.5 Å². The van der Waals surface area contributed by atoms with Crippen LogP contribution in [-0.2, 0) is 28.1 Å². The number of imidazole rings is 1. The van der Waals surface area contributed by atoms with Crippen LogP contribution in [0.25, 0.3) is 22.4 Å². The van der Waals surface area contributed by atoms with E-state index >= 15 is 0 Å². The molecule has 0 aliphatic carbocycles. The number of fused-ring (bicyclic) bond motifs is 1. The molecular formula is C34H31F3N2O4. The molecule has 0 fully saturated rings. The fraction of sp³-hybridized carbons (Fsp3) is 0.235. The zero-order chi connectivity index (χ0) is 30.6. The Morgan fingerprint density at radius 3 is 2.26 bits per heavy atom. The lowest BCUT2D eigenvalue weighted by molar-refractivity contribution is -0.274. The Labute approximate surface area is 247 Å². The van der Waals surface area contributed by atoms with E-state index in [2.05, 4.69) is 4.74 Å². The summed E-state index contributed by atoms with van der Waals surface area (Å²) in [4.78, 5) is 17.3. The van der Waals surface area contributed by atoms with Crippen LogP contribution in [0.4, 0.5) is 13.2 Å². The van der Waals surface area contributed by atoms with Gasteiger partial charge in [-0.2, -0.15) is 0 Å². The average molecular weight is 589 g/mol. The highest BCUT2D eigenvalue weighted by atomic mass is 19.4. The predicted molar refractivity (Wildman–Crippen MR) is 158 cm³/mol. The van der Waals surface area contributed by atoms with Gasteiger partial charge in [0.1, 0.15) is 23.9 Å². The Kier molecular flexibility index (Phi) is 8.43.